The van der Waals surface area contributed by atoms with Crippen LogP contribution in [0.3, 0.4) is 0 Å². The van der Waals surface area contributed by atoms with Gasteiger partial charge in [0, 0.05) is 29.9 Å². The van der Waals surface area contributed by atoms with Crippen LogP contribution < -0.4 is 10.1 Å². The third-order valence-electron chi connectivity index (χ3n) is 3.49. The Balaban J connectivity index is 1.95. The molecule has 4 heterocycles. The van der Waals surface area contributed by atoms with Gasteiger partial charge in [-0.3, -0.25) is 0 Å². The predicted octanol–water partition coefficient (Wildman–Crippen LogP) is 2.28. The number of esters is 1. The molecule has 7 nitrogen and oxygen atoms in total. The predicted molar refractivity (Wildman–Crippen MR) is 82.5 cm³/mol. The monoisotopic (exact) mass is 316 g/mol. The molecule has 112 valence electrons. The van der Waals surface area contributed by atoms with Crippen molar-refractivity contribution in [1.82, 2.24) is 15.0 Å². The molecule has 0 radical (unpaired) electrons. The van der Waals surface area contributed by atoms with Gasteiger partial charge in [0.1, 0.15) is 29.1 Å². The minimum atomic E-state index is -0.374. The molecule has 0 unspecified atom stereocenters. The van der Waals surface area contributed by atoms with Gasteiger partial charge in [0.2, 0.25) is 0 Å². The number of carbonyl (C=O) groups excluding carboxylic acids is 1. The van der Waals surface area contributed by atoms with E-state index in [0.29, 0.717) is 29.5 Å². The number of H-pyrrole nitrogens is 1. The van der Waals surface area contributed by atoms with E-state index >= 15 is 0 Å². The topological polar surface area (TPSA) is 89.1 Å². The largest absolute Gasteiger partial charge is 0.488 e. The van der Waals surface area contributed by atoms with Crippen LogP contribution in [0, 0.1) is 0 Å². The Morgan fingerprint density at radius 2 is 2.41 bits per heavy atom. The van der Waals surface area contributed by atoms with Crippen LogP contribution in [0.1, 0.15) is 9.67 Å². The zero-order valence-electron chi connectivity index (χ0n) is 11.7. The average molecular weight is 316 g/mol. The van der Waals surface area contributed by atoms with Crippen LogP contribution in [0.4, 0.5) is 5.69 Å². The van der Waals surface area contributed by atoms with Gasteiger partial charge in [0.05, 0.1) is 12.0 Å². The number of methoxy groups -OCH3 is 1. The number of anilines is 1. The van der Waals surface area contributed by atoms with Crippen LogP contribution in [-0.2, 0) is 4.74 Å². The second-order valence-electron chi connectivity index (χ2n) is 4.72. The summed E-state index contributed by atoms with van der Waals surface area (Å²) in [6.07, 6.45) is 5.09. The van der Waals surface area contributed by atoms with Crippen LogP contribution in [0.25, 0.3) is 21.5 Å². The second kappa shape index (κ2) is 4.99. The SMILES string of the molecule is COC(=O)c1sc(-c2c[nH]c3ncncc23)c2c1NCCO2. The molecule has 0 spiro atoms. The maximum absolute atomic E-state index is 12.0. The van der Waals surface area contributed by atoms with E-state index in [2.05, 4.69) is 20.3 Å². The third kappa shape index (κ3) is 1.84. The number of aromatic nitrogens is 3. The van der Waals surface area contributed by atoms with E-state index in [1.807, 2.05) is 6.20 Å². The molecule has 1 aliphatic heterocycles. The van der Waals surface area contributed by atoms with Crippen molar-refractivity contribution < 1.29 is 14.3 Å². The fraction of sp³-hybridized carbons (Fsp3) is 0.214. The summed E-state index contributed by atoms with van der Waals surface area (Å²) >= 11 is 1.34. The number of aromatic amines is 1. The van der Waals surface area contributed by atoms with Gasteiger partial charge in [0.15, 0.2) is 5.75 Å². The van der Waals surface area contributed by atoms with Crippen molar-refractivity contribution in [2.24, 2.45) is 0 Å². The molecule has 3 aromatic rings. The first-order chi connectivity index (χ1) is 10.8. The number of hydrogen-bond acceptors (Lipinski definition) is 7. The van der Waals surface area contributed by atoms with Crippen molar-refractivity contribution in [3.05, 3.63) is 23.6 Å². The number of carbonyl (C=O) groups is 1. The molecule has 8 heteroatoms. The normalized spacial score (nSPS) is 13.3. The molecule has 0 fully saturated rings. The standard InChI is InChI=1S/C14H12N4O3S/c1-20-14(19)12-9-10(21-3-2-16-9)11(22-12)7-5-17-13-8(7)4-15-6-18-13/h4-6,16H,2-3H2,1H3,(H,15,17,18). The van der Waals surface area contributed by atoms with Gasteiger partial charge in [0.25, 0.3) is 0 Å². The summed E-state index contributed by atoms with van der Waals surface area (Å²) < 4.78 is 10.7. The minimum Gasteiger partial charge on any atom is -0.488 e. The summed E-state index contributed by atoms with van der Waals surface area (Å²) in [4.78, 5) is 24.7. The van der Waals surface area contributed by atoms with Crippen LogP contribution in [-0.4, -0.2) is 41.2 Å². The van der Waals surface area contributed by atoms with Gasteiger partial charge in [-0.2, -0.15) is 0 Å². The summed E-state index contributed by atoms with van der Waals surface area (Å²) in [5, 5.41) is 4.11. The number of hydrogen-bond donors (Lipinski definition) is 2. The van der Waals surface area contributed by atoms with E-state index in [1.54, 1.807) is 6.20 Å². The highest BCUT2D eigenvalue weighted by Crippen LogP contribution is 2.49. The molecule has 0 aromatic carbocycles. The average Bonchev–Trinajstić information content (AvgIpc) is 3.15. The fourth-order valence-electron chi connectivity index (χ4n) is 2.51. The Bertz CT molecular complexity index is 870. The van der Waals surface area contributed by atoms with Crippen molar-refractivity contribution in [3.63, 3.8) is 0 Å². The molecule has 0 aliphatic carbocycles. The van der Waals surface area contributed by atoms with Crippen molar-refractivity contribution in [3.8, 4) is 16.2 Å². The molecule has 2 N–H and O–H groups in total. The number of thiophene rings is 1. The maximum atomic E-state index is 12.0. The molecule has 3 aromatic heterocycles. The first kappa shape index (κ1) is 13.1. The molecule has 0 amide bonds. The molecular formula is C14H12N4O3S. The van der Waals surface area contributed by atoms with Crippen LogP contribution in [0.15, 0.2) is 18.7 Å². The Morgan fingerprint density at radius 3 is 3.27 bits per heavy atom. The van der Waals surface area contributed by atoms with Crippen molar-refractivity contribution in [2.45, 2.75) is 0 Å². The van der Waals surface area contributed by atoms with E-state index in [-0.39, 0.29) is 5.97 Å². The summed E-state index contributed by atoms with van der Waals surface area (Å²) in [7, 11) is 1.37. The Morgan fingerprint density at radius 1 is 1.50 bits per heavy atom. The lowest BCUT2D eigenvalue weighted by Gasteiger charge is -2.17. The summed E-state index contributed by atoms with van der Waals surface area (Å²) in [5.41, 5.74) is 2.36. The lowest BCUT2D eigenvalue weighted by molar-refractivity contribution is 0.0607. The van der Waals surface area contributed by atoms with E-state index in [9.17, 15) is 4.79 Å². The Labute approximate surface area is 129 Å². The highest BCUT2D eigenvalue weighted by molar-refractivity contribution is 7.18. The zero-order chi connectivity index (χ0) is 15.1. The van der Waals surface area contributed by atoms with Gasteiger partial charge >= 0.3 is 5.97 Å². The number of nitrogens with zero attached hydrogens (tertiary/aromatic N) is 2. The first-order valence-electron chi connectivity index (χ1n) is 6.69. The maximum Gasteiger partial charge on any atom is 0.350 e. The Kier molecular flexibility index (Phi) is 2.97. The molecule has 1 aliphatic rings. The second-order valence-corrected chi connectivity index (χ2v) is 5.74. The lowest BCUT2D eigenvalue weighted by Crippen LogP contribution is -2.18. The van der Waals surface area contributed by atoms with E-state index < -0.39 is 0 Å². The van der Waals surface area contributed by atoms with Gasteiger partial charge in [-0.15, -0.1) is 11.3 Å². The lowest BCUT2D eigenvalue weighted by atomic mass is 10.2. The fourth-order valence-corrected chi connectivity index (χ4v) is 3.68. The smallest absolute Gasteiger partial charge is 0.350 e. The molecule has 22 heavy (non-hydrogen) atoms. The highest BCUT2D eigenvalue weighted by Gasteiger charge is 2.28. The summed E-state index contributed by atoms with van der Waals surface area (Å²) in [5.74, 6) is 0.308. The summed E-state index contributed by atoms with van der Waals surface area (Å²) in [6, 6.07) is 0. The van der Waals surface area contributed by atoms with Gasteiger partial charge in [-0.05, 0) is 0 Å². The van der Waals surface area contributed by atoms with Gasteiger partial charge < -0.3 is 19.8 Å². The molecule has 0 saturated heterocycles. The van der Waals surface area contributed by atoms with Crippen LogP contribution >= 0.6 is 11.3 Å². The van der Waals surface area contributed by atoms with E-state index in [1.165, 1.54) is 24.8 Å². The van der Waals surface area contributed by atoms with E-state index in [0.717, 1.165) is 21.5 Å². The molecule has 0 atom stereocenters. The van der Waals surface area contributed by atoms with Crippen LogP contribution in [0.5, 0.6) is 5.75 Å². The number of fused-ring (bicyclic) bond motifs is 2. The quantitative estimate of drug-likeness (QED) is 0.705. The van der Waals surface area contributed by atoms with Gasteiger partial charge in [-0.1, -0.05) is 0 Å². The first-order valence-corrected chi connectivity index (χ1v) is 7.50. The Hall–Kier alpha value is -2.61. The summed E-state index contributed by atoms with van der Waals surface area (Å²) in [6.45, 7) is 1.21. The number of nitrogens with one attached hydrogen (secondary N) is 2. The van der Waals surface area contributed by atoms with Crippen LogP contribution in [0.2, 0.25) is 0 Å². The third-order valence-corrected chi connectivity index (χ3v) is 4.67. The van der Waals surface area contributed by atoms with Crippen molar-refractivity contribution in [2.75, 3.05) is 25.6 Å². The zero-order valence-corrected chi connectivity index (χ0v) is 12.5. The molecular weight excluding hydrogens is 304 g/mol. The van der Waals surface area contributed by atoms with Crippen molar-refractivity contribution in [1.29, 1.82) is 0 Å². The molecule has 0 saturated carbocycles. The highest BCUT2D eigenvalue weighted by atomic mass is 32.1. The van der Waals surface area contributed by atoms with Gasteiger partial charge in [-0.25, -0.2) is 14.8 Å². The van der Waals surface area contributed by atoms with E-state index in [4.69, 9.17) is 9.47 Å². The molecule has 0 bridgehead atoms. The number of ether oxygens (including phenoxy) is 2. The minimum absolute atomic E-state index is 0.374. The van der Waals surface area contributed by atoms with Crippen molar-refractivity contribution >= 4 is 34.0 Å². The number of rotatable bonds is 2. The molecule has 4 rings (SSSR count).